The highest BCUT2D eigenvalue weighted by atomic mass is 79.9. The fourth-order valence-electron chi connectivity index (χ4n) is 3.07. The van der Waals surface area contributed by atoms with E-state index < -0.39 is 10.0 Å². The summed E-state index contributed by atoms with van der Waals surface area (Å²) in [7, 11) is -3.47. The van der Waals surface area contributed by atoms with E-state index in [4.69, 9.17) is 9.88 Å². The normalized spacial score (nSPS) is 18.6. The minimum absolute atomic E-state index is 0.0263. The molecule has 1 aromatic carbocycles. The fourth-order valence-corrected chi connectivity index (χ4v) is 4.74. The van der Waals surface area contributed by atoms with Gasteiger partial charge in [-0.25, -0.2) is 13.6 Å². The summed E-state index contributed by atoms with van der Waals surface area (Å²) in [5.74, 6) is 0.0263. The van der Waals surface area contributed by atoms with Crippen LogP contribution in [0.5, 0.6) is 0 Å². The molecule has 21 heavy (non-hydrogen) atoms. The Kier molecular flexibility index (Phi) is 5.82. The number of primary sulfonamides is 1. The van der Waals surface area contributed by atoms with Gasteiger partial charge in [-0.05, 0) is 30.5 Å². The van der Waals surface area contributed by atoms with Crippen LogP contribution in [0.4, 0.5) is 0 Å². The molecule has 2 rings (SSSR count). The Labute approximate surface area is 135 Å². The molecule has 1 aliphatic rings. The van der Waals surface area contributed by atoms with Crippen LogP contribution in [0.1, 0.15) is 37.7 Å². The van der Waals surface area contributed by atoms with Gasteiger partial charge < -0.3 is 4.74 Å². The van der Waals surface area contributed by atoms with Crippen molar-refractivity contribution in [2.24, 2.45) is 10.6 Å². The molecular weight excluding hydrogens is 354 g/mol. The zero-order chi connectivity index (χ0) is 15.3. The van der Waals surface area contributed by atoms with E-state index in [2.05, 4.69) is 15.9 Å². The summed E-state index contributed by atoms with van der Waals surface area (Å²) >= 11 is 3.43. The summed E-state index contributed by atoms with van der Waals surface area (Å²) in [6.45, 7) is 0.946. The molecule has 1 aromatic rings. The van der Waals surface area contributed by atoms with Crippen molar-refractivity contribution < 1.29 is 13.2 Å². The second-order valence-corrected chi connectivity index (χ2v) is 8.52. The first-order valence-corrected chi connectivity index (χ1v) is 9.72. The predicted molar refractivity (Wildman–Crippen MR) is 87.3 cm³/mol. The van der Waals surface area contributed by atoms with Crippen LogP contribution in [0.25, 0.3) is 0 Å². The first-order valence-electron chi connectivity index (χ1n) is 7.21. The van der Waals surface area contributed by atoms with Crippen molar-refractivity contribution in [3.05, 3.63) is 34.3 Å². The van der Waals surface area contributed by atoms with Gasteiger partial charge in [0.2, 0.25) is 10.0 Å². The van der Waals surface area contributed by atoms with E-state index in [-0.39, 0.29) is 11.2 Å². The molecule has 0 spiro atoms. The average Bonchev–Trinajstić information content (AvgIpc) is 2.37. The number of halogens is 1. The average molecular weight is 376 g/mol. The second kappa shape index (κ2) is 7.22. The van der Waals surface area contributed by atoms with E-state index >= 15 is 0 Å². The van der Waals surface area contributed by atoms with Gasteiger partial charge in [0.05, 0.1) is 19.0 Å². The topological polar surface area (TPSA) is 69.4 Å². The van der Waals surface area contributed by atoms with Crippen molar-refractivity contribution >= 4 is 26.0 Å². The molecule has 0 atom stereocenters. The summed E-state index contributed by atoms with van der Waals surface area (Å²) < 4.78 is 29.8. The van der Waals surface area contributed by atoms with Gasteiger partial charge >= 0.3 is 0 Å². The first kappa shape index (κ1) is 16.9. The van der Waals surface area contributed by atoms with Crippen LogP contribution in [-0.2, 0) is 21.4 Å². The molecule has 1 aliphatic carbocycles. The Hall–Kier alpha value is -0.430. The van der Waals surface area contributed by atoms with Crippen molar-refractivity contribution in [2.75, 3.05) is 12.4 Å². The van der Waals surface area contributed by atoms with E-state index in [0.29, 0.717) is 13.2 Å². The number of hydrogen-bond donors (Lipinski definition) is 1. The smallest absolute Gasteiger partial charge is 0.209 e. The highest BCUT2D eigenvalue weighted by molar-refractivity contribution is 9.10. The van der Waals surface area contributed by atoms with Gasteiger partial charge in [0.15, 0.2) is 0 Å². The van der Waals surface area contributed by atoms with Crippen molar-refractivity contribution in [2.45, 2.75) is 38.7 Å². The quantitative estimate of drug-likeness (QED) is 0.829. The van der Waals surface area contributed by atoms with Gasteiger partial charge in [-0.15, -0.1) is 0 Å². The highest BCUT2D eigenvalue weighted by Gasteiger charge is 2.36. The molecule has 0 heterocycles. The lowest BCUT2D eigenvalue weighted by Crippen LogP contribution is -2.39. The van der Waals surface area contributed by atoms with E-state index in [1.54, 1.807) is 0 Å². The number of rotatable bonds is 6. The fraction of sp³-hybridized carbons (Fsp3) is 0.600. The molecule has 1 fully saturated rings. The van der Waals surface area contributed by atoms with E-state index in [9.17, 15) is 8.42 Å². The van der Waals surface area contributed by atoms with Gasteiger partial charge in [-0.2, -0.15) is 0 Å². The molecule has 1 saturated carbocycles. The number of hydrogen-bond acceptors (Lipinski definition) is 3. The van der Waals surface area contributed by atoms with Crippen LogP contribution in [-0.4, -0.2) is 20.8 Å². The summed E-state index contributed by atoms with van der Waals surface area (Å²) in [5, 5.41) is 5.26. The monoisotopic (exact) mass is 375 g/mol. The van der Waals surface area contributed by atoms with Gasteiger partial charge in [0.25, 0.3) is 0 Å². The Morgan fingerprint density at radius 2 is 1.95 bits per heavy atom. The minimum atomic E-state index is -3.47. The van der Waals surface area contributed by atoms with E-state index in [0.717, 1.165) is 42.1 Å². The molecule has 2 N–H and O–H groups in total. The molecule has 0 saturated heterocycles. The molecule has 6 heteroatoms. The van der Waals surface area contributed by atoms with Crippen LogP contribution in [0, 0.1) is 5.41 Å². The molecule has 118 valence electrons. The number of sulfonamides is 1. The lowest BCUT2D eigenvalue weighted by Gasteiger charge is -2.36. The first-order chi connectivity index (χ1) is 9.89. The van der Waals surface area contributed by atoms with Gasteiger partial charge in [-0.1, -0.05) is 47.3 Å². The zero-order valence-electron chi connectivity index (χ0n) is 12.1. The Morgan fingerprint density at radius 1 is 1.24 bits per heavy atom. The lowest BCUT2D eigenvalue weighted by atomic mass is 9.76. The standard InChI is InChI=1S/C15H22BrNO3S/c16-14-6-4-5-13(9-14)10-20-11-15(12-21(17,18)19)7-2-1-3-8-15/h4-6,9H,1-3,7-8,10-12H2,(H2,17,18,19). The van der Waals surface area contributed by atoms with Gasteiger partial charge in [-0.3, -0.25) is 0 Å². The number of nitrogens with two attached hydrogens (primary N) is 1. The number of ether oxygens (including phenoxy) is 1. The molecule has 0 amide bonds. The van der Waals surface area contributed by atoms with Crippen molar-refractivity contribution in [1.29, 1.82) is 0 Å². The van der Waals surface area contributed by atoms with Crippen molar-refractivity contribution in [3.63, 3.8) is 0 Å². The summed E-state index contributed by atoms with van der Waals surface area (Å²) in [5.41, 5.74) is 0.767. The minimum Gasteiger partial charge on any atom is -0.376 e. The third-order valence-electron chi connectivity index (χ3n) is 3.99. The van der Waals surface area contributed by atoms with Crippen molar-refractivity contribution in [3.8, 4) is 0 Å². The molecule has 0 bridgehead atoms. The van der Waals surface area contributed by atoms with Crippen LogP contribution < -0.4 is 5.14 Å². The van der Waals surface area contributed by atoms with Crippen LogP contribution >= 0.6 is 15.9 Å². The van der Waals surface area contributed by atoms with Crippen LogP contribution in [0.2, 0.25) is 0 Å². The Bertz CT molecular complexity index is 568. The summed E-state index contributed by atoms with van der Waals surface area (Å²) in [4.78, 5) is 0. The van der Waals surface area contributed by atoms with Gasteiger partial charge in [0, 0.05) is 9.89 Å². The molecule has 0 aromatic heterocycles. The van der Waals surface area contributed by atoms with Gasteiger partial charge in [0.1, 0.15) is 0 Å². The van der Waals surface area contributed by atoms with E-state index in [1.807, 2.05) is 24.3 Å². The molecule has 0 aliphatic heterocycles. The zero-order valence-corrected chi connectivity index (χ0v) is 14.5. The maximum atomic E-state index is 11.5. The highest BCUT2D eigenvalue weighted by Crippen LogP contribution is 2.37. The summed E-state index contributed by atoms with van der Waals surface area (Å²) in [6, 6.07) is 7.93. The Morgan fingerprint density at radius 3 is 2.57 bits per heavy atom. The van der Waals surface area contributed by atoms with Crippen LogP contribution in [0.3, 0.4) is 0 Å². The summed E-state index contributed by atoms with van der Waals surface area (Å²) in [6.07, 6.45) is 5.02. The SMILES string of the molecule is NS(=O)(=O)CC1(COCc2cccc(Br)c2)CCCCC1. The third-order valence-corrected chi connectivity index (χ3v) is 5.50. The van der Waals surface area contributed by atoms with Crippen molar-refractivity contribution in [1.82, 2.24) is 0 Å². The number of benzene rings is 1. The maximum absolute atomic E-state index is 11.5. The Balaban J connectivity index is 1.96. The second-order valence-electron chi connectivity index (χ2n) is 5.99. The molecule has 0 radical (unpaired) electrons. The third kappa shape index (κ3) is 5.70. The molecule has 4 nitrogen and oxygen atoms in total. The largest absolute Gasteiger partial charge is 0.376 e. The predicted octanol–water partition coefficient (Wildman–Crippen LogP) is 3.20. The maximum Gasteiger partial charge on any atom is 0.209 e. The van der Waals surface area contributed by atoms with E-state index in [1.165, 1.54) is 0 Å². The van der Waals surface area contributed by atoms with Crippen LogP contribution in [0.15, 0.2) is 28.7 Å². The molecular formula is C15H22BrNO3S. The molecule has 0 unspecified atom stereocenters. The lowest BCUT2D eigenvalue weighted by molar-refractivity contribution is 0.0240.